The summed E-state index contributed by atoms with van der Waals surface area (Å²) in [6, 6.07) is 18.1. The van der Waals surface area contributed by atoms with Crippen LogP contribution < -0.4 is 5.32 Å². The highest BCUT2D eigenvalue weighted by Gasteiger charge is 2.25. The lowest BCUT2D eigenvalue weighted by molar-refractivity contribution is 0.0896. The predicted molar refractivity (Wildman–Crippen MR) is 164 cm³/mol. The number of nitrogens with one attached hydrogen (secondary N) is 2. The van der Waals surface area contributed by atoms with E-state index in [0.29, 0.717) is 5.56 Å². The Kier molecular flexibility index (Phi) is 7.94. The topological polar surface area (TPSA) is 71.0 Å². The summed E-state index contributed by atoms with van der Waals surface area (Å²) >= 11 is 0. The molecule has 2 N–H and O–H groups in total. The van der Waals surface area contributed by atoms with E-state index in [4.69, 9.17) is 0 Å². The number of nitriles is 1. The smallest absolute Gasteiger partial charge is 0.103 e. The maximum absolute atomic E-state index is 9.83. The number of nitrogens with zero attached hydrogens (tertiary/aromatic N) is 4. The lowest BCUT2D eigenvalue weighted by Crippen LogP contribution is -2.46. The van der Waals surface area contributed by atoms with Gasteiger partial charge in [0.15, 0.2) is 0 Å². The number of rotatable bonds is 7. The SMILES string of the molecule is Cc1c(Nc2c(C#N)cncc2/C=C/c2cccc(CN3CCC(N4CCCCC4)CC3)c2)ccc2[nH]ccc12. The van der Waals surface area contributed by atoms with Gasteiger partial charge in [-0.05, 0) is 93.7 Å². The fourth-order valence-corrected chi connectivity index (χ4v) is 6.35. The van der Waals surface area contributed by atoms with E-state index in [0.717, 1.165) is 46.2 Å². The van der Waals surface area contributed by atoms with Gasteiger partial charge in [0, 0.05) is 53.3 Å². The summed E-state index contributed by atoms with van der Waals surface area (Å²) in [4.78, 5) is 13.0. The van der Waals surface area contributed by atoms with Crippen molar-refractivity contribution in [3.05, 3.63) is 88.9 Å². The van der Waals surface area contributed by atoms with E-state index in [1.165, 1.54) is 69.2 Å². The summed E-state index contributed by atoms with van der Waals surface area (Å²) in [5.41, 5.74) is 7.91. The van der Waals surface area contributed by atoms with Gasteiger partial charge in [0.2, 0.25) is 0 Å². The van der Waals surface area contributed by atoms with Crippen LogP contribution in [0.25, 0.3) is 23.1 Å². The van der Waals surface area contributed by atoms with Gasteiger partial charge in [0.1, 0.15) is 6.07 Å². The summed E-state index contributed by atoms with van der Waals surface area (Å²) in [6.07, 6.45) is 16.3. The van der Waals surface area contributed by atoms with Crippen LogP contribution in [-0.2, 0) is 6.54 Å². The number of anilines is 2. The van der Waals surface area contributed by atoms with Crippen molar-refractivity contribution >= 4 is 34.4 Å². The minimum atomic E-state index is 0.525. The zero-order valence-corrected chi connectivity index (χ0v) is 23.4. The quantitative estimate of drug-likeness (QED) is 0.266. The molecule has 0 spiro atoms. The molecule has 2 aromatic carbocycles. The lowest BCUT2D eigenvalue weighted by atomic mass is 9.99. The van der Waals surface area contributed by atoms with E-state index < -0.39 is 0 Å². The number of pyridine rings is 1. The summed E-state index contributed by atoms with van der Waals surface area (Å²) in [5.74, 6) is 0. The standard InChI is InChI=1S/C34H38N6/c1-25-31-12-15-37-33(31)11-10-32(25)38-34-28(22-36-23-29(34)21-35)9-8-26-6-5-7-27(20-26)24-39-18-13-30(14-19-39)40-16-3-2-4-17-40/h5-12,15,20,22-23,30,37H,2-4,13-14,16-19,24H2,1H3,(H,36,38)/b9-8+. The fourth-order valence-electron chi connectivity index (χ4n) is 6.35. The second-order valence-corrected chi connectivity index (χ2v) is 11.2. The maximum atomic E-state index is 9.83. The fraction of sp³-hybridized carbons (Fsp3) is 0.353. The molecule has 6 rings (SSSR count). The van der Waals surface area contributed by atoms with Crippen LogP contribution in [0.4, 0.5) is 11.4 Å². The van der Waals surface area contributed by atoms with Crippen molar-refractivity contribution in [1.82, 2.24) is 19.8 Å². The van der Waals surface area contributed by atoms with E-state index in [2.05, 4.69) is 92.7 Å². The molecule has 2 fully saturated rings. The first kappa shape index (κ1) is 26.3. The molecule has 0 radical (unpaired) electrons. The second kappa shape index (κ2) is 12.1. The van der Waals surface area contributed by atoms with Crippen molar-refractivity contribution in [2.24, 2.45) is 0 Å². The molecule has 6 heteroatoms. The van der Waals surface area contributed by atoms with Crippen molar-refractivity contribution in [2.75, 3.05) is 31.5 Å². The number of fused-ring (bicyclic) bond motifs is 1. The van der Waals surface area contributed by atoms with E-state index in [-0.39, 0.29) is 0 Å². The van der Waals surface area contributed by atoms with Crippen molar-refractivity contribution in [1.29, 1.82) is 5.26 Å². The van der Waals surface area contributed by atoms with Gasteiger partial charge in [-0.1, -0.05) is 42.8 Å². The third-order valence-electron chi connectivity index (χ3n) is 8.64. The zero-order valence-electron chi connectivity index (χ0n) is 23.4. The van der Waals surface area contributed by atoms with Gasteiger partial charge in [-0.3, -0.25) is 9.88 Å². The molecular weight excluding hydrogens is 492 g/mol. The van der Waals surface area contributed by atoms with Crippen LogP contribution in [0.1, 0.15) is 59.9 Å². The van der Waals surface area contributed by atoms with Crippen LogP contribution in [0.3, 0.4) is 0 Å². The molecule has 6 nitrogen and oxygen atoms in total. The molecular formula is C34H38N6. The highest BCUT2D eigenvalue weighted by atomic mass is 15.2. The van der Waals surface area contributed by atoms with Gasteiger partial charge in [-0.25, -0.2) is 0 Å². The van der Waals surface area contributed by atoms with Crippen LogP contribution in [0.2, 0.25) is 0 Å². The van der Waals surface area contributed by atoms with Crippen LogP contribution in [0, 0.1) is 18.3 Å². The number of benzene rings is 2. The number of aryl methyl sites for hydroxylation is 1. The number of hydrogen-bond acceptors (Lipinski definition) is 5. The minimum absolute atomic E-state index is 0.525. The number of aromatic amines is 1. The highest BCUT2D eigenvalue weighted by molar-refractivity contribution is 5.90. The molecule has 0 aliphatic carbocycles. The Labute approximate surface area is 237 Å². The van der Waals surface area contributed by atoms with Gasteiger partial charge >= 0.3 is 0 Å². The molecule has 0 amide bonds. The molecule has 0 atom stereocenters. The number of likely N-dealkylation sites (tertiary alicyclic amines) is 2. The Morgan fingerprint density at radius 3 is 2.70 bits per heavy atom. The van der Waals surface area contributed by atoms with Crippen LogP contribution in [-0.4, -0.2) is 52.0 Å². The summed E-state index contributed by atoms with van der Waals surface area (Å²) in [6.45, 7) is 8.04. The molecule has 2 aliphatic heterocycles. The van der Waals surface area contributed by atoms with Crippen molar-refractivity contribution in [2.45, 2.75) is 51.6 Å². The maximum Gasteiger partial charge on any atom is 0.103 e. The molecule has 204 valence electrons. The van der Waals surface area contributed by atoms with Crippen molar-refractivity contribution in [3.8, 4) is 6.07 Å². The molecule has 40 heavy (non-hydrogen) atoms. The minimum Gasteiger partial charge on any atom is -0.361 e. The van der Waals surface area contributed by atoms with Crippen molar-refractivity contribution < 1.29 is 0 Å². The Bertz CT molecular complexity index is 1530. The average Bonchev–Trinajstić information content (AvgIpc) is 3.49. The molecule has 4 aromatic rings. The number of H-pyrrole nitrogens is 1. The Hall–Kier alpha value is -3.92. The van der Waals surface area contributed by atoms with Crippen molar-refractivity contribution in [3.63, 3.8) is 0 Å². The van der Waals surface area contributed by atoms with Gasteiger partial charge in [-0.2, -0.15) is 5.26 Å². The van der Waals surface area contributed by atoms with E-state index in [1.807, 2.05) is 12.4 Å². The summed E-state index contributed by atoms with van der Waals surface area (Å²) in [7, 11) is 0. The van der Waals surface area contributed by atoms with Crippen LogP contribution >= 0.6 is 0 Å². The van der Waals surface area contributed by atoms with Crippen LogP contribution in [0.15, 0.2) is 61.1 Å². The number of piperidine rings is 2. The number of hydrogen-bond donors (Lipinski definition) is 2. The first-order valence-electron chi connectivity index (χ1n) is 14.6. The Morgan fingerprint density at radius 1 is 1.02 bits per heavy atom. The zero-order chi connectivity index (χ0) is 27.3. The molecule has 4 heterocycles. The van der Waals surface area contributed by atoms with Gasteiger partial charge < -0.3 is 15.2 Å². The predicted octanol–water partition coefficient (Wildman–Crippen LogP) is 7.11. The second-order valence-electron chi connectivity index (χ2n) is 11.2. The summed E-state index contributed by atoms with van der Waals surface area (Å²) in [5, 5.41) is 14.5. The van der Waals surface area contributed by atoms with Crippen LogP contribution in [0.5, 0.6) is 0 Å². The van der Waals surface area contributed by atoms with E-state index in [1.54, 1.807) is 6.20 Å². The molecule has 0 bridgehead atoms. The third-order valence-corrected chi connectivity index (χ3v) is 8.64. The largest absolute Gasteiger partial charge is 0.361 e. The third kappa shape index (κ3) is 5.82. The molecule has 0 unspecified atom stereocenters. The van der Waals surface area contributed by atoms with Gasteiger partial charge in [0.05, 0.1) is 11.3 Å². The first-order valence-corrected chi connectivity index (χ1v) is 14.6. The monoisotopic (exact) mass is 530 g/mol. The first-order chi connectivity index (χ1) is 19.7. The van der Waals surface area contributed by atoms with E-state index in [9.17, 15) is 5.26 Å². The molecule has 0 saturated carbocycles. The van der Waals surface area contributed by atoms with E-state index >= 15 is 0 Å². The highest BCUT2D eigenvalue weighted by Crippen LogP contribution is 2.31. The molecule has 2 saturated heterocycles. The average molecular weight is 531 g/mol. The lowest BCUT2D eigenvalue weighted by Gasteiger charge is -2.40. The van der Waals surface area contributed by atoms with Gasteiger partial charge in [-0.15, -0.1) is 0 Å². The number of aromatic nitrogens is 2. The summed E-state index contributed by atoms with van der Waals surface area (Å²) < 4.78 is 0. The Morgan fingerprint density at radius 2 is 1.88 bits per heavy atom. The van der Waals surface area contributed by atoms with Gasteiger partial charge in [0.25, 0.3) is 0 Å². The molecule has 2 aliphatic rings. The normalized spacial score (nSPS) is 17.4. The Balaban J connectivity index is 1.15. The molecule has 2 aromatic heterocycles.